The van der Waals surface area contributed by atoms with Crippen molar-refractivity contribution in [3.8, 4) is 22.6 Å². The highest BCUT2D eigenvalue weighted by atomic mass is 16.5. The number of hydrogen-bond acceptors (Lipinski definition) is 9. The van der Waals surface area contributed by atoms with E-state index in [1.54, 1.807) is 26.6 Å². The Hall–Kier alpha value is -3.30. The topological polar surface area (TPSA) is 85.7 Å². The summed E-state index contributed by atoms with van der Waals surface area (Å²) < 4.78 is 17.0. The van der Waals surface area contributed by atoms with Gasteiger partial charge in [0.25, 0.3) is 0 Å². The first-order valence-electron chi connectivity index (χ1n) is 10.4. The first-order chi connectivity index (χ1) is 15.6. The van der Waals surface area contributed by atoms with Gasteiger partial charge in [0.2, 0.25) is 5.95 Å². The molecule has 0 amide bonds. The van der Waals surface area contributed by atoms with Crippen LogP contribution in [0.15, 0.2) is 43.1 Å². The quantitative estimate of drug-likeness (QED) is 0.555. The van der Waals surface area contributed by atoms with Crippen LogP contribution in [0.3, 0.4) is 0 Å². The Bertz CT molecular complexity index is 1050. The highest BCUT2D eigenvalue weighted by Gasteiger charge is 2.27. The summed E-state index contributed by atoms with van der Waals surface area (Å²) in [5.74, 6) is 2.09. The third-order valence-electron chi connectivity index (χ3n) is 5.39. The van der Waals surface area contributed by atoms with Crippen molar-refractivity contribution in [2.75, 3.05) is 52.9 Å². The highest BCUT2D eigenvalue weighted by Crippen LogP contribution is 2.32. The van der Waals surface area contributed by atoms with Crippen LogP contribution in [-0.2, 0) is 11.3 Å². The number of morpholine rings is 1. The standard InChI is InChI=1S/C23H28N6O3/c1-28(2)23-26-12-18(17-10-24-15-25-11-17)22(27-23)21-14-29(7-8-32-21)13-16-5-6-19(30-3)20(9-16)31-4/h5-6,9-12,15,21H,7-8,13-14H2,1-4H3/t21-/m0/s1. The molecule has 3 aromatic rings. The fraction of sp³-hybridized carbons (Fsp3) is 0.391. The van der Waals surface area contributed by atoms with Gasteiger partial charge in [0.1, 0.15) is 12.4 Å². The molecule has 3 heterocycles. The van der Waals surface area contributed by atoms with Crippen LogP contribution in [0.2, 0.25) is 0 Å². The Balaban J connectivity index is 1.59. The Labute approximate surface area is 188 Å². The average molecular weight is 437 g/mol. The fourth-order valence-corrected chi connectivity index (χ4v) is 3.76. The van der Waals surface area contributed by atoms with E-state index in [1.807, 2.05) is 37.3 Å². The number of anilines is 1. The summed E-state index contributed by atoms with van der Waals surface area (Å²) in [6.07, 6.45) is 6.69. The number of methoxy groups -OCH3 is 2. The van der Waals surface area contributed by atoms with Crippen LogP contribution in [-0.4, -0.2) is 72.8 Å². The van der Waals surface area contributed by atoms with Crippen LogP contribution >= 0.6 is 0 Å². The first kappa shape index (κ1) is 21.9. The minimum atomic E-state index is -0.194. The van der Waals surface area contributed by atoms with E-state index < -0.39 is 0 Å². The first-order valence-corrected chi connectivity index (χ1v) is 10.4. The molecular formula is C23H28N6O3. The third kappa shape index (κ3) is 4.79. The van der Waals surface area contributed by atoms with Crippen molar-refractivity contribution >= 4 is 5.95 Å². The van der Waals surface area contributed by atoms with Crippen molar-refractivity contribution in [3.63, 3.8) is 0 Å². The monoisotopic (exact) mass is 436 g/mol. The SMILES string of the molecule is COc1ccc(CN2CCO[C@H](c3nc(N(C)C)ncc3-c3cncnc3)C2)cc1OC. The van der Waals surface area contributed by atoms with E-state index in [-0.39, 0.29) is 6.10 Å². The van der Waals surface area contributed by atoms with Crippen LogP contribution in [0, 0.1) is 0 Å². The van der Waals surface area contributed by atoms with Gasteiger partial charge in [0.15, 0.2) is 11.5 Å². The van der Waals surface area contributed by atoms with E-state index >= 15 is 0 Å². The molecule has 168 valence electrons. The zero-order valence-corrected chi connectivity index (χ0v) is 18.9. The summed E-state index contributed by atoms with van der Waals surface area (Å²) in [5.41, 5.74) is 3.75. The summed E-state index contributed by atoms with van der Waals surface area (Å²) in [6, 6.07) is 6.02. The van der Waals surface area contributed by atoms with Gasteiger partial charge in [-0.25, -0.2) is 19.9 Å². The van der Waals surface area contributed by atoms with Crippen molar-refractivity contribution in [2.24, 2.45) is 0 Å². The smallest absolute Gasteiger partial charge is 0.225 e. The molecule has 1 atom stereocenters. The molecule has 1 aromatic carbocycles. The lowest BCUT2D eigenvalue weighted by Crippen LogP contribution is -2.38. The van der Waals surface area contributed by atoms with Gasteiger partial charge in [-0.2, -0.15) is 0 Å². The van der Waals surface area contributed by atoms with Crippen LogP contribution < -0.4 is 14.4 Å². The predicted molar refractivity (Wildman–Crippen MR) is 121 cm³/mol. The molecule has 0 N–H and O–H groups in total. The van der Waals surface area contributed by atoms with Crippen LogP contribution in [0.4, 0.5) is 5.95 Å². The van der Waals surface area contributed by atoms with Gasteiger partial charge < -0.3 is 19.1 Å². The van der Waals surface area contributed by atoms with Crippen LogP contribution in [0.5, 0.6) is 11.5 Å². The molecule has 2 aromatic heterocycles. The third-order valence-corrected chi connectivity index (χ3v) is 5.39. The Morgan fingerprint density at radius 1 is 1.09 bits per heavy atom. The zero-order chi connectivity index (χ0) is 22.5. The van der Waals surface area contributed by atoms with Gasteiger partial charge >= 0.3 is 0 Å². The minimum Gasteiger partial charge on any atom is -0.493 e. The van der Waals surface area contributed by atoms with Crippen molar-refractivity contribution in [1.29, 1.82) is 0 Å². The van der Waals surface area contributed by atoms with Crippen molar-refractivity contribution in [1.82, 2.24) is 24.8 Å². The number of ether oxygens (including phenoxy) is 3. The number of benzene rings is 1. The lowest BCUT2D eigenvalue weighted by Gasteiger charge is -2.33. The maximum absolute atomic E-state index is 6.17. The normalized spacial score (nSPS) is 16.6. The molecule has 0 saturated carbocycles. The summed E-state index contributed by atoms with van der Waals surface area (Å²) in [4.78, 5) is 21.9. The van der Waals surface area contributed by atoms with Gasteiger partial charge in [0, 0.05) is 63.4 Å². The van der Waals surface area contributed by atoms with E-state index in [4.69, 9.17) is 19.2 Å². The maximum Gasteiger partial charge on any atom is 0.225 e. The molecule has 32 heavy (non-hydrogen) atoms. The number of hydrogen-bond donors (Lipinski definition) is 0. The Kier molecular flexibility index (Phi) is 6.77. The van der Waals surface area contributed by atoms with Gasteiger partial charge in [-0.3, -0.25) is 4.90 Å². The molecule has 0 spiro atoms. The minimum absolute atomic E-state index is 0.194. The van der Waals surface area contributed by atoms with Crippen molar-refractivity contribution < 1.29 is 14.2 Å². The van der Waals surface area contributed by atoms with Gasteiger partial charge in [-0.15, -0.1) is 0 Å². The van der Waals surface area contributed by atoms with Crippen molar-refractivity contribution in [3.05, 3.63) is 54.4 Å². The van der Waals surface area contributed by atoms with Crippen LogP contribution in [0.25, 0.3) is 11.1 Å². The molecule has 1 aliphatic heterocycles. The van der Waals surface area contributed by atoms with Crippen molar-refractivity contribution in [2.45, 2.75) is 12.6 Å². The average Bonchev–Trinajstić information content (AvgIpc) is 2.84. The molecule has 1 aliphatic rings. The molecular weight excluding hydrogens is 408 g/mol. The Morgan fingerprint density at radius 3 is 2.59 bits per heavy atom. The lowest BCUT2D eigenvalue weighted by atomic mass is 10.0. The predicted octanol–water partition coefficient (Wildman–Crippen LogP) is 2.59. The summed E-state index contributed by atoms with van der Waals surface area (Å²) in [7, 11) is 7.15. The van der Waals surface area contributed by atoms with E-state index in [2.05, 4.69) is 25.9 Å². The zero-order valence-electron chi connectivity index (χ0n) is 18.9. The number of rotatable bonds is 7. The van der Waals surface area contributed by atoms with Gasteiger partial charge in [-0.1, -0.05) is 6.07 Å². The molecule has 4 rings (SSSR count). The number of nitrogens with zero attached hydrogens (tertiary/aromatic N) is 6. The van der Waals surface area contributed by atoms with Gasteiger partial charge in [-0.05, 0) is 17.7 Å². The fourth-order valence-electron chi connectivity index (χ4n) is 3.76. The number of aromatic nitrogens is 4. The summed E-state index contributed by atoms with van der Waals surface area (Å²) in [5, 5.41) is 0. The second-order valence-electron chi connectivity index (χ2n) is 7.77. The second kappa shape index (κ2) is 9.88. The van der Waals surface area contributed by atoms with E-state index in [0.29, 0.717) is 19.1 Å². The lowest BCUT2D eigenvalue weighted by molar-refractivity contribution is -0.0347. The Morgan fingerprint density at radius 2 is 1.88 bits per heavy atom. The second-order valence-corrected chi connectivity index (χ2v) is 7.77. The maximum atomic E-state index is 6.17. The molecule has 0 bridgehead atoms. The van der Waals surface area contributed by atoms with Crippen LogP contribution in [0.1, 0.15) is 17.4 Å². The van der Waals surface area contributed by atoms with E-state index in [1.165, 1.54) is 6.33 Å². The molecule has 1 saturated heterocycles. The molecule has 0 radical (unpaired) electrons. The van der Waals surface area contributed by atoms with E-state index in [0.717, 1.165) is 47.0 Å². The molecule has 0 aliphatic carbocycles. The largest absolute Gasteiger partial charge is 0.493 e. The molecule has 0 unspecified atom stereocenters. The van der Waals surface area contributed by atoms with Gasteiger partial charge in [0.05, 0.1) is 26.5 Å². The summed E-state index contributed by atoms with van der Waals surface area (Å²) >= 11 is 0. The molecule has 1 fully saturated rings. The van der Waals surface area contributed by atoms with E-state index in [9.17, 15) is 0 Å². The summed E-state index contributed by atoms with van der Waals surface area (Å²) in [6.45, 7) is 2.93. The highest BCUT2D eigenvalue weighted by molar-refractivity contribution is 5.64. The molecule has 9 nitrogen and oxygen atoms in total. The molecule has 9 heteroatoms.